The Morgan fingerprint density at radius 1 is 0.859 bits per heavy atom. The predicted molar refractivity (Wildman–Crippen MR) is 228 cm³/mol. The summed E-state index contributed by atoms with van der Waals surface area (Å²) in [5.74, 6) is -3.84. The lowest BCUT2D eigenvalue weighted by atomic mass is 10.0. The van der Waals surface area contributed by atoms with E-state index in [9.17, 15) is 43.5 Å². The minimum absolute atomic E-state index is 0.00630. The summed E-state index contributed by atoms with van der Waals surface area (Å²) in [6.07, 6.45) is 6.67. The van der Waals surface area contributed by atoms with Crippen LogP contribution in [-0.2, 0) is 20.8 Å². The molecule has 1 fully saturated rings. The minimum Gasteiger partial charge on any atom is -0.507 e. The fourth-order valence-corrected chi connectivity index (χ4v) is 8.04. The van der Waals surface area contributed by atoms with Gasteiger partial charge in [0.1, 0.15) is 17.5 Å². The normalized spacial score (nSPS) is 16.5. The third-order valence-corrected chi connectivity index (χ3v) is 11.5. The highest BCUT2D eigenvalue weighted by atomic mass is 16.5. The standard InChI is InChI=1S/C46H49N7O11/c1-52(2)44(60)29-16-14-27(23-35(29)54)37-24-33(51-64-37)42(58)49-32-17-15-26-12-13-28(22-31(26)32)41(57)48-21-8-6-4-3-5-7-20-47-39(56)25-63-36-11-9-10-30-40(36)46(62)53(45(30)61)34-18-19-38(55)50-43(34)59/h9-14,16,22-24,32,34,54H,3-8,15,17-21,25H2,1-2H3,(H,47,56)(H,48,57)(H,49,58)(H,50,55,59)/t32-,34?/m1/s1. The summed E-state index contributed by atoms with van der Waals surface area (Å²) in [5, 5.41) is 25.3. The molecule has 1 aromatic heterocycles. The number of nitrogens with one attached hydrogen (secondary N) is 4. The number of nitrogens with zero attached hydrogens (tertiary/aromatic N) is 3. The first kappa shape index (κ1) is 44.7. The molecule has 3 aliphatic rings. The lowest BCUT2D eigenvalue weighted by Crippen LogP contribution is -2.54. The molecule has 2 atom stereocenters. The number of amides is 8. The molecular formula is C46H49N7O11. The quantitative estimate of drug-likeness (QED) is 0.0707. The maximum atomic E-state index is 13.2. The molecule has 1 unspecified atom stereocenters. The zero-order chi connectivity index (χ0) is 45.5. The number of carbonyl (C=O) groups is 8. The average Bonchev–Trinajstić information content (AvgIpc) is 4.00. The van der Waals surface area contributed by atoms with E-state index in [0.717, 1.165) is 61.0 Å². The molecule has 5 N–H and O–H groups in total. The number of aromatic nitrogens is 1. The van der Waals surface area contributed by atoms with Gasteiger partial charge in [-0.25, -0.2) is 0 Å². The molecular weight excluding hydrogens is 827 g/mol. The number of carbonyl (C=O) groups excluding carboxylic acids is 8. The Bertz CT molecular complexity index is 2510. The van der Waals surface area contributed by atoms with Gasteiger partial charge in [-0.3, -0.25) is 48.6 Å². The van der Waals surface area contributed by atoms with E-state index >= 15 is 0 Å². The molecule has 3 heterocycles. The van der Waals surface area contributed by atoms with Gasteiger partial charge >= 0.3 is 0 Å². The molecule has 18 nitrogen and oxygen atoms in total. The smallest absolute Gasteiger partial charge is 0.273 e. The van der Waals surface area contributed by atoms with Crippen LogP contribution in [0.15, 0.2) is 65.2 Å². The molecule has 64 heavy (non-hydrogen) atoms. The number of imide groups is 2. The third-order valence-electron chi connectivity index (χ3n) is 11.5. The fourth-order valence-electron chi connectivity index (χ4n) is 8.04. The van der Waals surface area contributed by atoms with E-state index in [1.165, 1.54) is 41.3 Å². The third kappa shape index (κ3) is 9.96. The summed E-state index contributed by atoms with van der Waals surface area (Å²) in [7, 11) is 3.17. The molecule has 2 aliphatic heterocycles. The summed E-state index contributed by atoms with van der Waals surface area (Å²) in [4.78, 5) is 103. The minimum atomic E-state index is -1.10. The Kier molecular flexibility index (Phi) is 13.8. The van der Waals surface area contributed by atoms with Crippen molar-refractivity contribution in [2.75, 3.05) is 33.8 Å². The van der Waals surface area contributed by atoms with E-state index in [0.29, 0.717) is 30.6 Å². The fraction of sp³-hybridized carbons (Fsp3) is 0.370. The van der Waals surface area contributed by atoms with Gasteiger partial charge in [0.05, 0.1) is 22.7 Å². The predicted octanol–water partition coefficient (Wildman–Crippen LogP) is 3.83. The SMILES string of the molecule is CN(C)C(=O)c1ccc(-c2cc(C(=O)N[C@@H]3CCc4ccc(C(=O)NCCCCCCCCNC(=O)COc5cccc6c5C(=O)N(C5CCC(=O)NC5=O)C6=O)cc43)no2)cc1O. The summed E-state index contributed by atoms with van der Waals surface area (Å²) in [6, 6.07) is 14.5. The number of piperidine rings is 1. The van der Waals surface area contributed by atoms with Gasteiger partial charge in [0.15, 0.2) is 18.1 Å². The molecule has 4 aromatic rings. The lowest BCUT2D eigenvalue weighted by molar-refractivity contribution is -0.136. The first-order valence-corrected chi connectivity index (χ1v) is 21.3. The van der Waals surface area contributed by atoms with Crippen LogP contribution in [0.5, 0.6) is 11.5 Å². The van der Waals surface area contributed by atoms with Crippen LogP contribution in [0.1, 0.15) is 127 Å². The van der Waals surface area contributed by atoms with Crippen molar-refractivity contribution in [3.05, 3.63) is 99.7 Å². The number of hydrogen-bond acceptors (Lipinski definition) is 12. The Labute approximate surface area is 368 Å². The molecule has 1 aliphatic carbocycles. The maximum Gasteiger partial charge on any atom is 0.273 e. The first-order valence-electron chi connectivity index (χ1n) is 21.3. The van der Waals surface area contributed by atoms with Gasteiger partial charge in [-0.1, -0.05) is 49.0 Å². The Morgan fingerprint density at radius 3 is 2.34 bits per heavy atom. The van der Waals surface area contributed by atoms with E-state index in [4.69, 9.17) is 9.26 Å². The van der Waals surface area contributed by atoms with Crippen molar-refractivity contribution in [2.45, 2.75) is 76.3 Å². The number of rotatable bonds is 18. The molecule has 0 spiro atoms. The van der Waals surface area contributed by atoms with Crippen LogP contribution in [-0.4, -0.2) is 107 Å². The monoisotopic (exact) mass is 875 g/mol. The molecule has 334 valence electrons. The van der Waals surface area contributed by atoms with Gasteiger partial charge in [0.2, 0.25) is 11.8 Å². The summed E-state index contributed by atoms with van der Waals surface area (Å²) < 4.78 is 11.0. The van der Waals surface area contributed by atoms with Crippen LogP contribution >= 0.6 is 0 Å². The van der Waals surface area contributed by atoms with Crippen molar-refractivity contribution < 1.29 is 52.7 Å². The van der Waals surface area contributed by atoms with Crippen molar-refractivity contribution in [1.82, 2.24) is 36.2 Å². The largest absolute Gasteiger partial charge is 0.507 e. The van der Waals surface area contributed by atoms with Crippen LogP contribution in [0.3, 0.4) is 0 Å². The van der Waals surface area contributed by atoms with Gasteiger partial charge in [-0.15, -0.1) is 0 Å². The maximum absolute atomic E-state index is 13.2. The Balaban J connectivity index is 0.771. The Morgan fingerprint density at radius 2 is 1.61 bits per heavy atom. The second-order valence-corrected chi connectivity index (χ2v) is 16.1. The second kappa shape index (κ2) is 19.8. The van der Waals surface area contributed by atoms with Gasteiger partial charge in [0, 0.05) is 50.8 Å². The lowest BCUT2D eigenvalue weighted by Gasteiger charge is -2.27. The number of aromatic hydroxyl groups is 1. The van der Waals surface area contributed by atoms with Crippen LogP contribution in [0.4, 0.5) is 0 Å². The van der Waals surface area contributed by atoms with E-state index in [2.05, 4.69) is 26.4 Å². The number of phenolic OH excluding ortho intramolecular Hbond substituents is 1. The zero-order valence-corrected chi connectivity index (χ0v) is 35.5. The molecule has 0 bridgehead atoms. The molecule has 0 saturated carbocycles. The van der Waals surface area contributed by atoms with E-state index < -0.39 is 35.6 Å². The number of unbranched alkanes of at least 4 members (excludes halogenated alkanes) is 5. The molecule has 1 saturated heterocycles. The number of benzene rings is 3. The van der Waals surface area contributed by atoms with E-state index in [1.807, 2.05) is 12.1 Å². The van der Waals surface area contributed by atoms with Crippen molar-refractivity contribution >= 4 is 47.3 Å². The van der Waals surface area contributed by atoms with E-state index in [-0.39, 0.29) is 82.9 Å². The molecule has 8 amide bonds. The van der Waals surface area contributed by atoms with Crippen molar-refractivity contribution in [3.63, 3.8) is 0 Å². The molecule has 3 aromatic carbocycles. The van der Waals surface area contributed by atoms with Gasteiger partial charge < -0.3 is 35.2 Å². The van der Waals surface area contributed by atoms with Crippen LogP contribution in [0.25, 0.3) is 11.3 Å². The van der Waals surface area contributed by atoms with Crippen LogP contribution in [0, 0.1) is 0 Å². The highest BCUT2D eigenvalue weighted by molar-refractivity contribution is 6.24. The Hall–Kier alpha value is -7.37. The number of phenols is 1. The summed E-state index contributed by atoms with van der Waals surface area (Å²) >= 11 is 0. The van der Waals surface area contributed by atoms with Gasteiger partial charge in [-0.05, 0) is 79.6 Å². The van der Waals surface area contributed by atoms with Crippen LogP contribution in [0.2, 0.25) is 0 Å². The van der Waals surface area contributed by atoms with Crippen molar-refractivity contribution in [3.8, 4) is 22.8 Å². The second-order valence-electron chi connectivity index (χ2n) is 16.1. The highest BCUT2D eigenvalue weighted by Gasteiger charge is 2.46. The molecule has 18 heteroatoms. The van der Waals surface area contributed by atoms with E-state index in [1.54, 1.807) is 26.2 Å². The highest BCUT2D eigenvalue weighted by Crippen LogP contribution is 2.35. The molecule has 0 radical (unpaired) electrons. The number of fused-ring (bicyclic) bond motifs is 2. The number of hydrogen-bond donors (Lipinski definition) is 5. The zero-order valence-electron chi connectivity index (χ0n) is 35.5. The summed E-state index contributed by atoms with van der Waals surface area (Å²) in [5.41, 5.74) is 3.10. The number of aryl methyl sites for hydroxylation is 1. The van der Waals surface area contributed by atoms with Crippen molar-refractivity contribution in [1.29, 1.82) is 0 Å². The van der Waals surface area contributed by atoms with Gasteiger partial charge in [0.25, 0.3) is 35.4 Å². The average molecular weight is 876 g/mol. The topological polar surface area (TPSA) is 247 Å². The summed E-state index contributed by atoms with van der Waals surface area (Å²) in [6.45, 7) is 0.568. The van der Waals surface area contributed by atoms with Gasteiger partial charge in [-0.2, -0.15) is 0 Å². The molecule has 7 rings (SSSR count). The van der Waals surface area contributed by atoms with Crippen molar-refractivity contribution in [2.24, 2.45) is 0 Å². The van der Waals surface area contributed by atoms with Crippen LogP contribution < -0.4 is 26.0 Å². The first-order chi connectivity index (χ1) is 30.8. The number of ether oxygens (including phenoxy) is 1.